The average molecular weight is 312 g/mol. The van der Waals surface area contributed by atoms with E-state index in [9.17, 15) is 4.79 Å². The molecule has 0 spiro atoms. The molecule has 1 aromatic heterocycles. The van der Waals surface area contributed by atoms with Crippen LogP contribution in [0.1, 0.15) is 9.88 Å². The van der Waals surface area contributed by atoms with Crippen LogP contribution in [0.4, 0.5) is 0 Å². The van der Waals surface area contributed by atoms with Gasteiger partial charge in [0.15, 0.2) is 0 Å². The monoisotopic (exact) mass is 311 g/mol. The molecule has 0 bridgehead atoms. The minimum absolute atomic E-state index is 0.0119. The maximum Gasteiger partial charge on any atom is 0.310 e. The molecule has 0 saturated carbocycles. The number of hydrogen-bond acceptors (Lipinski definition) is 3. The Morgan fingerprint density at radius 1 is 1.41 bits per heavy atom. The van der Waals surface area contributed by atoms with E-state index in [-0.39, 0.29) is 6.42 Å². The number of halogens is 1. The van der Waals surface area contributed by atoms with Gasteiger partial charge in [-0.3, -0.25) is 4.79 Å². The molecule has 0 aliphatic rings. The summed E-state index contributed by atoms with van der Waals surface area (Å²) < 4.78 is 1.01. The van der Waals surface area contributed by atoms with E-state index in [1.165, 1.54) is 11.3 Å². The van der Waals surface area contributed by atoms with Crippen LogP contribution in [0.3, 0.4) is 0 Å². The Hall–Kier alpha value is -1.20. The second-order valence-corrected chi connectivity index (χ2v) is 5.79. The lowest BCUT2D eigenvalue weighted by atomic mass is 10.1. The number of aliphatic carboxylic acids is 1. The second-order valence-electron chi connectivity index (χ2n) is 3.59. The summed E-state index contributed by atoms with van der Waals surface area (Å²) in [4.78, 5) is 16.0. The van der Waals surface area contributed by atoms with E-state index in [0.717, 1.165) is 20.6 Å². The van der Waals surface area contributed by atoms with Crippen LogP contribution in [0.15, 0.2) is 28.7 Å². The lowest BCUT2D eigenvalue weighted by molar-refractivity contribution is -0.136. The molecule has 0 atom stereocenters. The van der Waals surface area contributed by atoms with E-state index in [0.29, 0.717) is 5.01 Å². The quantitative estimate of drug-likeness (QED) is 0.943. The van der Waals surface area contributed by atoms with E-state index in [1.807, 2.05) is 31.2 Å². The normalized spacial score (nSPS) is 10.5. The van der Waals surface area contributed by atoms with Crippen molar-refractivity contribution in [1.29, 1.82) is 0 Å². The first-order valence-electron chi connectivity index (χ1n) is 5.00. The van der Waals surface area contributed by atoms with Gasteiger partial charge in [0.2, 0.25) is 0 Å². The summed E-state index contributed by atoms with van der Waals surface area (Å²) in [5.74, 6) is -0.846. The molecule has 2 aromatic rings. The summed E-state index contributed by atoms with van der Waals surface area (Å²) in [5, 5.41) is 9.38. The van der Waals surface area contributed by atoms with Gasteiger partial charge in [-0.05, 0) is 19.1 Å². The Morgan fingerprint density at radius 3 is 2.65 bits per heavy atom. The molecule has 0 radical (unpaired) electrons. The number of nitrogens with zero attached hydrogens (tertiary/aromatic N) is 1. The maximum atomic E-state index is 10.6. The average Bonchev–Trinajstić information content (AvgIpc) is 2.59. The lowest BCUT2D eigenvalue weighted by Crippen LogP contribution is -1.99. The molecule has 88 valence electrons. The van der Waals surface area contributed by atoms with Crippen LogP contribution in [0.25, 0.3) is 11.3 Å². The minimum atomic E-state index is -0.846. The van der Waals surface area contributed by atoms with Crippen molar-refractivity contribution in [3.8, 4) is 11.3 Å². The van der Waals surface area contributed by atoms with E-state index < -0.39 is 5.97 Å². The molecule has 1 N–H and O–H groups in total. The van der Waals surface area contributed by atoms with Gasteiger partial charge >= 0.3 is 5.97 Å². The zero-order chi connectivity index (χ0) is 12.4. The predicted octanol–water partition coefficient (Wildman–Crippen LogP) is 3.51. The van der Waals surface area contributed by atoms with Gasteiger partial charge < -0.3 is 5.11 Å². The molecule has 1 heterocycles. The van der Waals surface area contributed by atoms with Crippen LogP contribution >= 0.6 is 27.3 Å². The largest absolute Gasteiger partial charge is 0.481 e. The number of carbonyl (C=O) groups is 1. The molecule has 0 aliphatic heterocycles. The van der Waals surface area contributed by atoms with Crippen molar-refractivity contribution in [2.75, 3.05) is 0 Å². The zero-order valence-corrected chi connectivity index (χ0v) is 11.5. The summed E-state index contributed by atoms with van der Waals surface area (Å²) >= 11 is 4.82. The maximum absolute atomic E-state index is 10.6. The molecule has 0 fully saturated rings. The summed E-state index contributed by atoms with van der Waals surface area (Å²) in [6.45, 7) is 1.96. The van der Waals surface area contributed by atoms with E-state index in [2.05, 4.69) is 20.9 Å². The highest BCUT2D eigenvalue weighted by Crippen LogP contribution is 2.28. The molecular formula is C12H10BrNO2S. The zero-order valence-electron chi connectivity index (χ0n) is 9.11. The van der Waals surface area contributed by atoms with Gasteiger partial charge in [-0.25, -0.2) is 4.98 Å². The fourth-order valence-electron chi connectivity index (χ4n) is 1.53. The minimum Gasteiger partial charge on any atom is -0.481 e. The van der Waals surface area contributed by atoms with Crippen LogP contribution < -0.4 is 0 Å². The fourth-order valence-corrected chi connectivity index (χ4v) is 2.74. The first kappa shape index (κ1) is 12.3. The number of hydrogen-bond donors (Lipinski definition) is 1. The van der Waals surface area contributed by atoms with Crippen molar-refractivity contribution in [3.63, 3.8) is 0 Å². The Kier molecular flexibility index (Phi) is 3.59. The van der Waals surface area contributed by atoms with Gasteiger partial charge in [0, 0.05) is 14.9 Å². The third kappa shape index (κ3) is 2.92. The van der Waals surface area contributed by atoms with E-state index in [4.69, 9.17) is 5.11 Å². The molecule has 0 amide bonds. The van der Waals surface area contributed by atoms with E-state index >= 15 is 0 Å². The highest BCUT2D eigenvalue weighted by Gasteiger charge is 2.11. The number of aromatic nitrogens is 1. The van der Waals surface area contributed by atoms with Gasteiger partial charge in [0.1, 0.15) is 5.01 Å². The standard InChI is InChI=1S/C12H10BrNO2S/c1-7-12(8-2-4-9(13)5-3-8)14-10(17-7)6-11(15)16/h2-5H,6H2,1H3,(H,15,16). The molecule has 1 aromatic carbocycles. The summed E-state index contributed by atoms with van der Waals surface area (Å²) in [5.41, 5.74) is 1.89. The molecule has 0 saturated heterocycles. The summed E-state index contributed by atoms with van der Waals surface area (Å²) in [6, 6.07) is 7.84. The number of thiazole rings is 1. The van der Waals surface area contributed by atoms with Crippen molar-refractivity contribution in [2.45, 2.75) is 13.3 Å². The Morgan fingerprint density at radius 2 is 2.06 bits per heavy atom. The van der Waals surface area contributed by atoms with Crippen LogP contribution in [0.5, 0.6) is 0 Å². The molecule has 17 heavy (non-hydrogen) atoms. The van der Waals surface area contributed by atoms with E-state index in [1.54, 1.807) is 0 Å². The van der Waals surface area contributed by atoms with Crippen LogP contribution in [0.2, 0.25) is 0 Å². The summed E-state index contributed by atoms with van der Waals surface area (Å²) in [6.07, 6.45) is -0.0119. The summed E-state index contributed by atoms with van der Waals surface area (Å²) in [7, 11) is 0. The topological polar surface area (TPSA) is 50.2 Å². The number of benzene rings is 1. The third-order valence-corrected chi connectivity index (χ3v) is 3.76. The van der Waals surface area contributed by atoms with Crippen LogP contribution in [0, 0.1) is 6.92 Å². The van der Waals surface area contributed by atoms with Crippen molar-refractivity contribution in [1.82, 2.24) is 4.98 Å². The Balaban J connectivity index is 2.35. The number of rotatable bonds is 3. The lowest BCUT2D eigenvalue weighted by Gasteiger charge is -1.98. The molecule has 0 unspecified atom stereocenters. The fraction of sp³-hybridized carbons (Fsp3) is 0.167. The number of carboxylic acids is 1. The molecular weight excluding hydrogens is 302 g/mol. The second kappa shape index (κ2) is 4.98. The third-order valence-electron chi connectivity index (χ3n) is 2.26. The van der Waals surface area contributed by atoms with Gasteiger partial charge in [0.25, 0.3) is 0 Å². The highest BCUT2D eigenvalue weighted by atomic mass is 79.9. The smallest absolute Gasteiger partial charge is 0.310 e. The van der Waals surface area contributed by atoms with Crippen molar-refractivity contribution in [2.24, 2.45) is 0 Å². The van der Waals surface area contributed by atoms with Crippen LogP contribution in [-0.2, 0) is 11.2 Å². The van der Waals surface area contributed by atoms with Crippen molar-refractivity contribution in [3.05, 3.63) is 38.6 Å². The van der Waals surface area contributed by atoms with Crippen LogP contribution in [-0.4, -0.2) is 16.1 Å². The van der Waals surface area contributed by atoms with Crippen molar-refractivity contribution < 1.29 is 9.90 Å². The predicted molar refractivity (Wildman–Crippen MR) is 71.3 cm³/mol. The van der Waals surface area contributed by atoms with Gasteiger partial charge in [0.05, 0.1) is 12.1 Å². The molecule has 0 aliphatic carbocycles. The molecule has 5 heteroatoms. The first-order chi connectivity index (χ1) is 8.06. The van der Waals surface area contributed by atoms with Crippen molar-refractivity contribution >= 4 is 33.2 Å². The highest BCUT2D eigenvalue weighted by molar-refractivity contribution is 9.10. The van der Waals surface area contributed by atoms with Gasteiger partial charge in [-0.2, -0.15) is 0 Å². The van der Waals surface area contributed by atoms with Gasteiger partial charge in [-0.1, -0.05) is 28.1 Å². The molecule has 3 nitrogen and oxygen atoms in total. The number of aryl methyl sites for hydroxylation is 1. The SMILES string of the molecule is Cc1sc(CC(=O)O)nc1-c1ccc(Br)cc1. The number of carboxylic acid groups (broad SMARTS) is 1. The Labute approximate surface area is 111 Å². The van der Waals surface area contributed by atoms with Gasteiger partial charge in [-0.15, -0.1) is 11.3 Å². The Bertz CT molecular complexity index is 548. The first-order valence-corrected chi connectivity index (χ1v) is 6.61. The molecule has 2 rings (SSSR count).